The number of carbonyl (C=O) groups is 2. The fourth-order valence-electron chi connectivity index (χ4n) is 1.41. The van der Waals surface area contributed by atoms with Crippen LogP contribution in [0.2, 0.25) is 0 Å². The Bertz CT molecular complexity index is 545. The fourth-order valence-corrected chi connectivity index (χ4v) is 1.79. The lowest BCUT2D eigenvalue weighted by Crippen LogP contribution is -2.32. The number of rotatable bonds is 2. The summed E-state index contributed by atoms with van der Waals surface area (Å²) in [5.41, 5.74) is 2.94. The van der Waals surface area contributed by atoms with Gasteiger partial charge in [0.15, 0.2) is 0 Å². The highest BCUT2D eigenvalue weighted by Crippen LogP contribution is 2.20. The fraction of sp³-hybridized carbons (Fsp3) is 0.182. The maximum atomic E-state index is 13.0. The average Bonchev–Trinajstić information content (AvgIpc) is 2.34. The molecule has 2 amide bonds. The van der Waals surface area contributed by atoms with E-state index >= 15 is 0 Å². The zero-order chi connectivity index (χ0) is 13.1. The molecule has 0 atom stereocenters. The first-order valence-corrected chi connectivity index (χ1v) is 5.97. The van der Waals surface area contributed by atoms with Crippen LogP contribution in [0.15, 0.2) is 27.8 Å². The Morgan fingerprint density at radius 2 is 2.22 bits per heavy atom. The van der Waals surface area contributed by atoms with Crippen LogP contribution in [0, 0.1) is 5.82 Å². The molecule has 0 radical (unpaired) electrons. The summed E-state index contributed by atoms with van der Waals surface area (Å²) >= 11 is 3.03. The second-order valence-electron chi connectivity index (χ2n) is 3.68. The smallest absolute Gasteiger partial charge is 0.271 e. The Morgan fingerprint density at radius 1 is 1.44 bits per heavy atom. The minimum Gasteiger partial charge on any atom is -0.321 e. The molecule has 0 unspecified atom stereocenters. The topological polar surface area (TPSA) is 70.6 Å². The van der Waals surface area contributed by atoms with Crippen molar-refractivity contribution in [3.63, 3.8) is 0 Å². The van der Waals surface area contributed by atoms with E-state index in [0.717, 1.165) is 0 Å². The summed E-state index contributed by atoms with van der Waals surface area (Å²) in [6.45, 7) is 0. The normalized spacial score (nSPS) is 14.8. The molecule has 2 N–H and O–H groups in total. The number of halogens is 2. The molecule has 0 saturated carbocycles. The van der Waals surface area contributed by atoms with E-state index < -0.39 is 11.7 Å². The number of hydrazone groups is 1. The van der Waals surface area contributed by atoms with Gasteiger partial charge in [0.2, 0.25) is 5.91 Å². The zero-order valence-corrected chi connectivity index (χ0v) is 10.8. The van der Waals surface area contributed by atoms with Gasteiger partial charge in [-0.25, -0.2) is 9.82 Å². The van der Waals surface area contributed by atoms with Gasteiger partial charge in [0, 0.05) is 18.5 Å². The van der Waals surface area contributed by atoms with Crippen molar-refractivity contribution in [3.05, 3.63) is 28.5 Å². The van der Waals surface area contributed by atoms with Crippen molar-refractivity contribution in [2.45, 2.75) is 12.8 Å². The van der Waals surface area contributed by atoms with E-state index in [1.54, 1.807) is 0 Å². The molecule has 1 aromatic carbocycles. The number of hydrogen-bond donors (Lipinski definition) is 2. The highest BCUT2D eigenvalue weighted by Gasteiger charge is 2.18. The molecule has 1 aliphatic rings. The van der Waals surface area contributed by atoms with Crippen LogP contribution in [-0.2, 0) is 9.59 Å². The van der Waals surface area contributed by atoms with Crippen LogP contribution in [0.4, 0.5) is 10.1 Å². The monoisotopic (exact) mass is 313 g/mol. The van der Waals surface area contributed by atoms with Crippen molar-refractivity contribution < 1.29 is 14.0 Å². The summed E-state index contributed by atoms with van der Waals surface area (Å²) in [5.74, 6) is -1.03. The van der Waals surface area contributed by atoms with Crippen molar-refractivity contribution in [3.8, 4) is 0 Å². The van der Waals surface area contributed by atoms with Crippen molar-refractivity contribution in [1.29, 1.82) is 0 Å². The maximum absolute atomic E-state index is 13.0. The maximum Gasteiger partial charge on any atom is 0.271 e. The number of anilines is 1. The van der Waals surface area contributed by atoms with Crippen LogP contribution in [0.3, 0.4) is 0 Å². The summed E-state index contributed by atoms with van der Waals surface area (Å²) in [6, 6.07) is 4.14. The molecule has 1 aliphatic heterocycles. The van der Waals surface area contributed by atoms with Crippen molar-refractivity contribution in [2.24, 2.45) is 5.10 Å². The Hall–Kier alpha value is -1.76. The molecule has 1 heterocycles. The molecular formula is C11H9BrFN3O2. The van der Waals surface area contributed by atoms with Crippen LogP contribution < -0.4 is 10.7 Å². The van der Waals surface area contributed by atoms with Crippen LogP contribution in [0.25, 0.3) is 0 Å². The van der Waals surface area contributed by atoms with Gasteiger partial charge in [0.25, 0.3) is 5.91 Å². The van der Waals surface area contributed by atoms with E-state index in [9.17, 15) is 14.0 Å². The molecule has 5 nitrogen and oxygen atoms in total. The minimum atomic E-state index is -0.409. The van der Waals surface area contributed by atoms with Gasteiger partial charge < -0.3 is 5.32 Å². The first-order valence-electron chi connectivity index (χ1n) is 5.18. The van der Waals surface area contributed by atoms with Crippen LogP contribution in [0.5, 0.6) is 0 Å². The lowest BCUT2D eigenvalue weighted by Gasteiger charge is -2.12. The van der Waals surface area contributed by atoms with E-state index in [2.05, 4.69) is 31.8 Å². The van der Waals surface area contributed by atoms with E-state index in [1.165, 1.54) is 18.2 Å². The summed E-state index contributed by atoms with van der Waals surface area (Å²) in [7, 11) is 0. The van der Waals surface area contributed by atoms with E-state index in [0.29, 0.717) is 12.1 Å². The average molecular weight is 314 g/mol. The summed E-state index contributed by atoms with van der Waals surface area (Å²) in [4.78, 5) is 22.6. The number of benzene rings is 1. The Labute approximate surface area is 111 Å². The number of amides is 2. The Kier molecular flexibility index (Phi) is 3.71. The first kappa shape index (κ1) is 12.7. The molecule has 0 spiro atoms. The third-order valence-corrected chi connectivity index (χ3v) is 2.95. The highest BCUT2D eigenvalue weighted by molar-refractivity contribution is 9.10. The van der Waals surface area contributed by atoms with Gasteiger partial charge in [-0.2, -0.15) is 5.10 Å². The van der Waals surface area contributed by atoms with Crippen LogP contribution in [0.1, 0.15) is 12.8 Å². The molecule has 0 aromatic heterocycles. The molecule has 0 aliphatic carbocycles. The summed E-state index contributed by atoms with van der Waals surface area (Å²) in [5, 5.41) is 6.24. The SMILES string of the molecule is O=C1CCC(C(=O)Nc2ccc(F)c(Br)c2)=NN1. The number of hydrogen-bond acceptors (Lipinski definition) is 3. The van der Waals surface area contributed by atoms with Crippen LogP contribution in [-0.4, -0.2) is 17.5 Å². The Morgan fingerprint density at radius 3 is 2.83 bits per heavy atom. The molecule has 94 valence electrons. The standard InChI is InChI=1S/C11H9BrFN3O2/c12-7-5-6(1-2-8(7)13)14-11(18)9-3-4-10(17)16-15-9/h1-2,5H,3-4H2,(H,14,18)(H,16,17). The largest absolute Gasteiger partial charge is 0.321 e. The molecule has 18 heavy (non-hydrogen) atoms. The van der Waals surface area contributed by atoms with E-state index in [1.807, 2.05) is 0 Å². The van der Waals surface area contributed by atoms with Gasteiger partial charge in [-0.1, -0.05) is 0 Å². The van der Waals surface area contributed by atoms with E-state index in [-0.39, 0.29) is 22.5 Å². The van der Waals surface area contributed by atoms with Crippen molar-refractivity contribution in [1.82, 2.24) is 5.43 Å². The van der Waals surface area contributed by atoms with Crippen molar-refractivity contribution >= 4 is 39.1 Å². The predicted molar refractivity (Wildman–Crippen MR) is 67.5 cm³/mol. The molecule has 7 heteroatoms. The van der Waals surface area contributed by atoms with Gasteiger partial charge in [-0.15, -0.1) is 0 Å². The molecule has 2 rings (SSSR count). The Balaban J connectivity index is 2.07. The van der Waals surface area contributed by atoms with Gasteiger partial charge >= 0.3 is 0 Å². The van der Waals surface area contributed by atoms with Crippen LogP contribution >= 0.6 is 15.9 Å². The summed E-state index contributed by atoms with van der Waals surface area (Å²) in [6.07, 6.45) is 0.527. The number of nitrogens with one attached hydrogen (secondary N) is 2. The molecule has 0 bridgehead atoms. The quantitative estimate of drug-likeness (QED) is 0.874. The number of carbonyl (C=O) groups excluding carboxylic acids is 2. The lowest BCUT2D eigenvalue weighted by atomic mass is 10.1. The highest BCUT2D eigenvalue weighted by atomic mass is 79.9. The molecular weight excluding hydrogens is 305 g/mol. The number of nitrogens with zero attached hydrogens (tertiary/aromatic N) is 1. The molecule has 1 aromatic rings. The van der Waals surface area contributed by atoms with Gasteiger partial charge in [-0.05, 0) is 34.1 Å². The summed E-state index contributed by atoms with van der Waals surface area (Å²) < 4.78 is 13.3. The third kappa shape index (κ3) is 2.92. The van der Waals surface area contributed by atoms with E-state index in [4.69, 9.17) is 0 Å². The first-order chi connectivity index (χ1) is 8.56. The predicted octanol–water partition coefficient (Wildman–Crippen LogP) is 1.79. The third-order valence-electron chi connectivity index (χ3n) is 2.34. The van der Waals surface area contributed by atoms with Gasteiger partial charge in [-0.3, -0.25) is 9.59 Å². The van der Waals surface area contributed by atoms with Gasteiger partial charge in [0.1, 0.15) is 11.5 Å². The lowest BCUT2D eigenvalue weighted by molar-refractivity contribution is -0.121. The van der Waals surface area contributed by atoms with Crippen molar-refractivity contribution in [2.75, 3.05) is 5.32 Å². The second kappa shape index (κ2) is 5.26. The zero-order valence-electron chi connectivity index (χ0n) is 9.17. The minimum absolute atomic E-state index is 0.212. The molecule has 0 fully saturated rings. The molecule has 0 saturated heterocycles. The second-order valence-corrected chi connectivity index (χ2v) is 4.53. The van der Waals surface area contributed by atoms with Gasteiger partial charge in [0.05, 0.1) is 4.47 Å².